The molecule has 0 rings (SSSR count). The van der Waals surface area contributed by atoms with Gasteiger partial charge >= 0.3 is 8.03 Å². The highest BCUT2D eigenvalue weighted by Crippen LogP contribution is 2.42. The van der Waals surface area contributed by atoms with Gasteiger partial charge in [0, 0.05) is 0 Å². The van der Waals surface area contributed by atoms with Crippen LogP contribution in [0.5, 0.6) is 0 Å². The third kappa shape index (κ3) is 20.7. The van der Waals surface area contributed by atoms with Gasteiger partial charge in [-0.05, 0) is 36.1 Å². The molecule has 1 N–H and O–H groups in total. The van der Waals surface area contributed by atoms with Crippen molar-refractivity contribution in [3.8, 4) is 0 Å². The maximum Gasteiger partial charge on any atom is 0.505 e. The molecule has 0 radical (unpaired) electrons. The Morgan fingerprint density at radius 3 is 1.93 bits per heavy atom. The van der Waals surface area contributed by atoms with Crippen LogP contribution in [-0.4, -0.2) is 24.3 Å². The first kappa shape index (κ1) is 18.1. The molecule has 15 heavy (non-hydrogen) atoms. The van der Waals surface area contributed by atoms with E-state index < -0.39 is 15.8 Å². The van der Waals surface area contributed by atoms with E-state index in [1.807, 2.05) is 20.8 Å². The van der Waals surface area contributed by atoms with E-state index in [1.54, 1.807) is 0 Å². The molecule has 1 unspecified atom stereocenters. The predicted octanol–water partition coefficient (Wildman–Crippen LogP) is 4.05. The Labute approximate surface area is 98.9 Å². The topological polar surface area (TPSA) is 55.8 Å². The molecule has 0 aromatic rings. The summed E-state index contributed by atoms with van der Waals surface area (Å²) in [7, 11) is -2.96. The van der Waals surface area contributed by atoms with Gasteiger partial charge in [0.15, 0.2) is 6.16 Å². The minimum Gasteiger partial charge on any atom is -0.322 e. The fourth-order valence-electron chi connectivity index (χ4n) is 0.534. The number of hydrogen-bond donors (Lipinski definition) is 1. The fourth-order valence-corrected chi connectivity index (χ4v) is 2.19. The second-order valence-corrected chi connectivity index (χ2v) is 5.40. The van der Waals surface area contributed by atoms with Crippen LogP contribution in [0.3, 0.4) is 0 Å². The molecule has 0 saturated heterocycles. The van der Waals surface area contributed by atoms with E-state index in [4.69, 9.17) is 25.2 Å². The quantitative estimate of drug-likeness (QED) is 0.713. The highest BCUT2D eigenvalue weighted by atomic mass is 35.7. The molecule has 0 saturated carbocycles. The zero-order valence-corrected chi connectivity index (χ0v) is 12.0. The van der Waals surface area contributed by atoms with Crippen LogP contribution in [0.1, 0.15) is 33.6 Å². The van der Waals surface area contributed by atoms with Crippen LogP contribution in [0.2, 0.25) is 0 Å². The van der Waals surface area contributed by atoms with Crippen molar-refractivity contribution in [3.05, 3.63) is 0 Å². The van der Waals surface area contributed by atoms with E-state index >= 15 is 0 Å². The van der Waals surface area contributed by atoms with Gasteiger partial charge in [0.1, 0.15) is 0 Å². The Kier molecular flexibility index (Phi) is 17.7. The summed E-state index contributed by atoms with van der Waals surface area (Å²) in [6, 6.07) is 0. The molecule has 0 aliphatic heterocycles. The minimum atomic E-state index is -1.86. The van der Waals surface area contributed by atoms with Gasteiger partial charge in [0.05, 0.1) is 13.2 Å². The van der Waals surface area contributed by atoms with E-state index in [1.165, 1.54) is 0 Å². The van der Waals surface area contributed by atoms with Crippen LogP contribution in [0.15, 0.2) is 0 Å². The van der Waals surface area contributed by atoms with Crippen molar-refractivity contribution in [2.75, 3.05) is 19.4 Å². The summed E-state index contributed by atoms with van der Waals surface area (Å²) in [6.07, 6.45) is 2.33. The summed E-state index contributed by atoms with van der Waals surface area (Å²) >= 11 is 5.50. The van der Waals surface area contributed by atoms with Gasteiger partial charge in [-0.3, -0.25) is 0 Å². The van der Waals surface area contributed by atoms with Crippen LogP contribution in [-0.2, 0) is 13.6 Å². The molecule has 7 heteroatoms. The first-order chi connectivity index (χ1) is 7.08. The average molecular weight is 278 g/mol. The fraction of sp³-hybridized carbons (Fsp3) is 1.00. The molecule has 0 amide bonds. The van der Waals surface area contributed by atoms with E-state index in [9.17, 15) is 4.57 Å². The maximum absolute atomic E-state index is 9.91. The Bertz CT molecular complexity index is 143. The largest absolute Gasteiger partial charge is 0.505 e. The van der Waals surface area contributed by atoms with Crippen molar-refractivity contribution >= 4 is 27.0 Å². The summed E-state index contributed by atoms with van der Waals surface area (Å²) < 4.78 is 19.7. The van der Waals surface area contributed by atoms with Crippen molar-refractivity contribution in [1.29, 1.82) is 0 Å². The molecule has 0 aromatic heterocycles. The average Bonchev–Trinajstić information content (AvgIpc) is 2.16. The third-order valence-corrected chi connectivity index (χ3v) is 3.37. The van der Waals surface area contributed by atoms with E-state index in [2.05, 4.69) is 0 Å². The minimum absolute atomic E-state index is 0.464. The standard InChI is InChI=1S/C4H10ClO2P.C4H9O2P/c1-3-6-8(5)7-4-2;1-2-3-4-7(5)6/h3-4H2,1-2H3;2-4H2,1H3/p+1. The summed E-state index contributed by atoms with van der Waals surface area (Å²) in [5.74, 6) is 0. The van der Waals surface area contributed by atoms with Crippen molar-refractivity contribution in [2.24, 2.45) is 0 Å². The highest BCUT2D eigenvalue weighted by Gasteiger charge is 2.05. The second kappa shape index (κ2) is 14.7. The van der Waals surface area contributed by atoms with Crippen molar-refractivity contribution in [1.82, 2.24) is 0 Å². The van der Waals surface area contributed by atoms with Crippen LogP contribution >= 0.6 is 27.0 Å². The number of halogens is 1. The van der Waals surface area contributed by atoms with Gasteiger partial charge in [-0.25, -0.2) is 0 Å². The van der Waals surface area contributed by atoms with Gasteiger partial charge in [-0.15, -0.1) is 0 Å². The molecule has 0 bridgehead atoms. The lowest BCUT2D eigenvalue weighted by Crippen LogP contribution is -1.83. The Balaban J connectivity index is 0. The van der Waals surface area contributed by atoms with Crippen molar-refractivity contribution in [3.63, 3.8) is 0 Å². The molecule has 1 atom stereocenters. The van der Waals surface area contributed by atoms with E-state index in [0.717, 1.165) is 12.8 Å². The molecular formula is C8H20ClO4P2+. The normalized spacial score (nSPS) is 10.9. The van der Waals surface area contributed by atoms with Crippen LogP contribution in [0.25, 0.3) is 0 Å². The lowest BCUT2D eigenvalue weighted by molar-refractivity contribution is 0.282. The monoisotopic (exact) mass is 277 g/mol. The first-order valence-electron chi connectivity index (χ1n) is 4.93. The van der Waals surface area contributed by atoms with E-state index in [-0.39, 0.29) is 0 Å². The maximum atomic E-state index is 9.91. The lowest BCUT2D eigenvalue weighted by atomic mass is 10.4. The number of unbranched alkanes of at least 4 members (excludes halogenated alkanes) is 1. The van der Waals surface area contributed by atoms with Crippen molar-refractivity contribution < 1.29 is 18.5 Å². The smallest absolute Gasteiger partial charge is 0.322 e. The zero-order chi connectivity index (χ0) is 12.1. The first-order valence-corrected chi connectivity index (χ1v) is 8.41. The Morgan fingerprint density at radius 2 is 1.73 bits per heavy atom. The summed E-state index contributed by atoms with van der Waals surface area (Å²) in [5.41, 5.74) is 0. The second-order valence-electron chi connectivity index (χ2n) is 2.48. The van der Waals surface area contributed by atoms with Crippen LogP contribution in [0.4, 0.5) is 0 Å². The highest BCUT2D eigenvalue weighted by molar-refractivity contribution is 7.76. The predicted molar refractivity (Wildman–Crippen MR) is 65.6 cm³/mol. The Hall–Kier alpha value is 0.700. The van der Waals surface area contributed by atoms with Gasteiger partial charge in [-0.2, -0.15) is 4.89 Å². The molecule has 92 valence electrons. The van der Waals surface area contributed by atoms with Gasteiger partial charge < -0.3 is 9.05 Å². The van der Waals surface area contributed by atoms with Crippen LogP contribution in [0, 0.1) is 0 Å². The summed E-state index contributed by atoms with van der Waals surface area (Å²) in [5, 5.41) is 0. The molecular weight excluding hydrogens is 257 g/mol. The van der Waals surface area contributed by atoms with E-state index in [0.29, 0.717) is 19.4 Å². The molecule has 0 aliphatic carbocycles. The van der Waals surface area contributed by atoms with Crippen LogP contribution < -0.4 is 0 Å². The van der Waals surface area contributed by atoms with Gasteiger partial charge in [-0.1, -0.05) is 13.3 Å². The Morgan fingerprint density at radius 1 is 1.27 bits per heavy atom. The molecule has 4 nitrogen and oxygen atoms in total. The molecule has 0 fully saturated rings. The zero-order valence-electron chi connectivity index (χ0n) is 9.48. The number of rotatable bonds is 7. The third-order valence-electron chi connectivity index (χ3n) is 1.16. The molecule has 0 aromatic carbocycles. The van der Waals surface area contributed by atoms with Crippen molar-refractivity contribution in [2.45, 2.75) is 33.6 Å². The molecule has 0 spiro atoms. The lowest BCUT2D eigenvalue weighted by Gasteiger charge is -2.04. The summed E-state index contributed by atoms with van der Waals surface area (Å²) in [4.78, 5) is 8.19. The molecule has 0 aliphatic rings. The van der Waals surface area contributed by atoms with Gasteiger partial charge in [0.2, 0.25) is 0 Å². The SMILES string of the molecule is CCCC[P+](=O)O.CCOP(Cl)OCC. The van der Waals surface area contributed by atoms with Gasteiger partial charge in [0.25, 0.3) is 7.73 Å². The summed E-state index contributed by atoms with van der Waals surface area (Å²) in [6.45, 7) is 7.01. The number of hydrogen-bond acceptors (Lipinski definition) is 3. The molecule has 0 heterocycles.